The highest BCUT2D eigenvalue weighted by atomic mass is 16.5. The molecule has 3 heterocycles. The zero-order chi connectivity index (χ0) is 22.3. The van der Waals surface area contributed by atoms with Crippen molar-refractivity contribution >= 4 is 16.9 Å². The maximum absolute atomic E-state index is 5.41. The summed E-state index contributed by atoms with van der Waals surface area (Å²) in [5.74, 6) is 2.00. The van der Waals surface area contributed by atoms with E-state index in [4.69, 9.17) is 14.7 Å². The first-order valence-electron chi connectivity index (χ1n) is 11.6. The fourth-order valence-corrected chi connectivity index (χ4v) is 4.66. The van der Waals surface area contributed by atoms with Crippen LogP contribution in [0.2, 0.25) is 0 Å². The predicted molar refractivity (Wildman–Crippen MR) is 129 cm³/mol. The number of fused-ring (bicyclic) bond motifs is 1. The van der Waals surface area contributed by atoms with E-state index in [1.807, 2.05) is 7.05 Å². The van der Waals surface area contributed by atoms with Crippen LogP contribution in [-0.2, 0) is 11.2 Å². The van der Waals surface area contributed by atoms with Crippen molar-refractivity contribution in [1.82, 2.24) is 14.5 Å². The van der Waals surface area contributed by atoms with Crippen molar-refractivity contribution in [3.63, 3.8) is 0 Å². The molecule has 0 spiro atoms. The second-order valence-electron chi connectivity index (χ2n) is 9.28. The molecule has 1 N–H and O–H groups in total. The average Bonchev–Trinajstić information content (AvgIpc) is 3.56. The molecule has 0 bridgehead atoms. The summed E-state index contributed by atoms with van der Waals surface area (Å²) in [7, 11) is 3.72. The molecule has 1 aliphatic rings. The number of anilines is 1. The Hall–Kier alpha value is -2.40. The van der Waals surface area contributed by atoms with E-state index in [-0.39, 0.29) is 6.04 Å². The number of rotatable bonds is 8. The molecular weight excluding hydrogens is 384 g/mol. The average molecular weight is 421 g/mol. The maximum Gasteiger partial charge on any atom is 0.135 e. The number of aromatic nitrogens is 3. The lowest BCUT2D eigenvalue weighted by atomic mass is 9.95. The van der Waals surface area contributed by atoms with Crippen molar-refractivity contribution in [2.45, 2.75) is 71.8 Å². The lowest BCUT2D eigenvalue weighted by Gasteiger charge is -2.19. The third-order valence-corrected chi connectivity index (χ3v) is 6.47. The summed E-state index contributed by atoms with van der Waals surface area (Å²) >= 11 is 0. The molecule has 0 saturated heterocycles. The van der Waals surface area contributed by atoms with Crippen molar-refractivity contribution in [3.05, 3.63) is 40.7 Å². The zero-order valence-corrected chi connectivity index (χ0v) is 20.0. The normalized spacial score (nSPS) is 15.1. The largest absolute Gasteiger partial charge is 0.383 e. The number of nitrogens with zero attached hydrogens (tertiary/aromatic N) is 3. The SMILES string of the molecule is CCc1cc2c(nc1-c1cc(C3CC3)c(C(C)C)nc1NC)c(C)cn2[C@H](C)COC. The van der Waals surface area contributed by atoms with Crippen molar-refractivity contribution in [1.29, 1.82) is 0 Å². The highest BCUT2D eigenvalue weighted by Crippen LogP contribution is 2.45. The van der Waals surface area contributed by atoms with Gasteiger partial charge in [-0.1, -0.05) is 20.8 Å². The van der Waals surface area contributed by atoms with Gasteiger partial charge in [0.25, 0.3) is 0 Å². The van der Waals surface area contributed by atoms with Gasteiger partial charge in [-0.05, 0) is 73.8 Å². The van der Waals surface area contributed by atoms with Crippen LogP contribution in [0.15, 0.2) is 18.3 Å². The number of nitrogens with one attached hydrogen (secondary N) is 1. The molecule has 0 unspecified atom stereocenters. The third kappa shape index (κ3) is 3.96. The number of pyridine rings is 2. The van der Waals surface area contributed by atoms with Crippen molar-refractivity contribution in [2.75, 3.05) is 26.1 Å². The predicted octanol–water partition coefficient (Wildman–Crippen LogP) is 6.22. The van der Waals surface area contributed by atoms with Crippen molar-refractivity contribution < 1.29 is 4.74 Å². The molecule has 0 radical (unpaired) electrons. The van der Waals surface area contributed by atoms with Crippen molar-refractivity contribution in [2.24, 2.45) is 0 Å². The monoisotopic (exact) mass is 420 g/mol. The van der Waals surface area contributed by atoms with Crippen LogP contribution in [0.3, 0.4) is 0 Å². The maximum atomic E-state index is 5.41. The summed E-state index contributed by atoms with van der Waals surface area (Å²) in [4.78, 5) is 10.3. The van der Waals surface area contributed by atoms with Gasteiger partial charge in [0.15, 0.2) is 0 Å². The Kier molecular flexibility index (Phi) is 6.07. The second-order valence-corrected chi connectivity index (χ2v) is 9.28. The van der Waals surface area contributed by atoms with E-state index < -0.39 is 0 Å². The summed E-state index contributed by atoms with van der Waals surface area (Å²) in [6, 6.07) is 4.96. The Bertz CT molecular complexity index is 1090. The van der Waals surface area contributed by atoms with Gasteiger partial charge in [0, 0.05) is 31.6 Å². The zero-order valence-electron chi connectivity index (χ0n) is 20.0. The van der Waals surface area contributed by atoms with Crippen molar-refractivity contribution in [3.8, 4) is 11.3 Å². The summed E-state index contributed by atoms with van der Waals surface area (Å²) in [5, 5.41) is 3.36. The fraction of sp³-hybridized carbons (Fsp3) is 0.538. The van der Waals surface area contributed by atoms with Gasteiger partial charge in [0.05, 0.1) is 29.4 Å². The molecule has 3 aromatic rings. The molecular formula is C26H36N4O. The van der Waals surface area contributed by atoms with E-state index in [1.165, 1.54) is 40.7 Å². The van der Waals surface area contributed by atoms with Gasteiger partial charge in [-0.2, -0.15) is 0 Å². The van der Waals surface area contributed by atoms with Gasteiger partial charge in [-0.25, -0.2) is 9.97 Å². The van der Waals surface area contributed by atoms with Crippen LogP contribution in [0.1, 0.15) is 80.8 Å². The number of methoxy groups -OCH3 is 1. The molecule has 0 amide bonds. The summed E-state index contributed by atoms with van der Waals surface area (Å²) in [6.07, 6.45) is 5.67. The Morgan fingerprint density at radius 3 is 2.52 bits per heavy atom. The van der Waals surface area contributed by atoms with E-state index in [9.17, 15) is 0 Å². The third-order valence-electron chi connectivity index (χ3n) is 6.47. The van der Waals surface area contributed by atoms with Gasteiger partial charge in [0.2, 0.25) is 0 Å². The lowest BCUT2D eigenvalue weighted by molar-refractivity contribution is 0.164. The standard InChI is InChI=1S/C26H36N4O/c1-8-18-11-22-24(16(4)13-30(22)17(5)14-31-7)28-25(18)21-12-20(19-9-10-19)23(15(2)3)29-26(21)27-6/h11-13,15,17,19H,8-10,14H2,1-7H3,(H,27,29)/t17-/m1/s1. The topological polar surface area (TPSA) is 52.0 Å². The number of ether oxygens (including phenoxy) is 1. The Morgan fingerprint density at radius 2 is 1.94 bits per heavy atom. The molecule has 1 aliphatic carbocycles. The van der Waals surface area contributed by atoms with Gasteiger partial charge in [-0.3, -0.25) is 0 Å². The van der Waals surface area contributed by atoms with Gasteiger partial charge >= 0.3 is 0 Å². The molecule has 5 heteroatoms. The first kappa shape index (κ1) is 21.8. The molecule has 4 rings (SSSR count). The first-order valence-corrected chi connectivity index (χ1v) is 11.6. The molecule has 3 aromatic heterocycles. The molecule has 31 heavy (non-hydrogen) atoms. The summed E-state index contributed by atoms with van der Waals surface area (Å²) < 4.78 is 7.71. The Balaban J connectivity index is 1.93. The molecule has 1 fully saturated rings. The van der Waals surface area contributed by atoms with Crippen LogP contribution in [0, 0.1) is 6.92 Å². The lowest BCUT2D eigenvalue weighted by Crippen LogP contribution is -2.10. The smallest absolute Gasteiger partial charge is 0.135 e. The second kappa shape index (κ2) is 8.62. The minimum Gasteiger partial charge on any atom is -0.383 e. The number of aryl methyl sites for hydroxylation is 2. The number of hydrogen-bond donors (Lipinski definition) is 1. The van der Waals surface area contributed by atoms with Crippen LogP contribution in [-0.4, -0.2) is 35.3 Å². The van der Waals surface area contributed by atoms with E-state index in [0.29, 0.717) is 18.4 Å². The molecule has 166 valence electrons. The van der Waals surface area contributed by atoms with Crippen LogP contribution < -0.4 is 5.32 Å². The van der Waals surface area contributed by atoms with Crippen LogP contribution in [0.5, 0.6) is 0 Å². The summed E-state index contributed by atoms with van der Waals surface area (Å²) in [6.45, 7) is 11.7. The molecule has 0 aromatic carbocycles. The van der Waals surface area contributed by atoms with E-state index >= 15 is 0 Å². The molecule has 1 saturated carbocycles. The molecule has 5 nitrogen and oxygen atoms in total. The molecule has 1 atom stereocenters. The Labute approximate surface area is 186 Å². The van der Waals surface area contributed by atoms with Gasteiger partial charge in [-0.15, -0.1) is 0 Å². The minimum atomic E-state index is 0.264. The van der Waals surface area contributed by atoms with Crippen LogP contribution >= 0.6 is 0 Å². The van der Waals surface area contributed by atoms with Crippen LogP contribution in [0.25, 0.3) is 22.3 Å². The number of hydrogen-bond acceptors (Lipinski definition) is 4. The minimum absolute atomic E-state index is 0.264. The fourth-order valence-electron chi connectivity index (χ4n) is 4.66. The highest BCUT2D eigenvalue weighted by Gasteiger charge is 2.30. The molecule has 0 aliphatic heterocycles. The Morgan fingerprint density at radius 1 is 1.19 bits per heavy atom. The van der Waals surface area contributed by atoms with E-state index in [0.717, 1.165) is 29.0 Å². The first-order chi connectivity index (χ1) is 14.9. The van der Waals surface area contributed by atoms with Gasteiger partial charge in [0.1, 0.15) is 5.82 Å². The van der Waals surface area contributed by atoms with E-state index in [1.54, 1.807) is 7.11 Å². The highest BCUT2D eigenvalue weighted by molar-refractivity contribution is 5.86. The van der Waals surface area contributed by atoms with Gasteiger partial charge < -0.3 is 14.6 Å². The van der Waals surface area contributed by atoms with Crippen LogP contribution in [0.4, 0.5) is 5.82 Å². The van der Waals surface area contributed by atoms with E-state index in [2.05, 4.69) is 62.8 Å². The quantitative estimate of drug-likeness (QED) is 0.470. The summed E-state index contributed by atoms with van der Waals surface area (Å²) in [5.41, 5.74) is 9.53.